The van der Waals surface area contributed by atoms with Crippen LogP contribution in [-0.4, -0.2) is 6.10 Å². The number of hydrogen-bond acceptors (Lipinski definition) is 4. The van der Waals surface area contributed by atoms with Gasteiger partial charge in [-0.15, -0.1) is 11.3 Å². The van der Waals surface area contributed by atoms with Gasteiger partial charge in [-0.3, -0.25) is 0 Å². The van der Waals surface area contributed by atoms with Crippen LogP contribution in [-0.2, 0) is 6.54 Å². The minimum Gasteiger partial charge on any atom is -0.488 e. The maximum absolute atomic E-state index is 13.7. The molecule has 0 bridgehead atoms. The zero-order valence-corrected chi connectivity index (χ0v) is 12.8. The van der Waals surface area contributed by atoms with E-state index in [1.54, 1.807) is 6.07 Å². The Labute approximate surface area is 126 Å². The van der Waals surface area contributed by atoms with E-state index >= 15 is 0 Å². The predicted octanol–water partition coefficient (Wildman–Crippen LogP) is 4.52. The van der Waals surface area contributed by atoms with Crippen molar-refractivity contribution >= 4 is 34.3 Å². The van der Waals surface area contributed by atoms with Gasteiger partial charge in [0.2, 0.25) is 0 Å². The van der Waals surface area contributed by atoms with Gasteiger partial charge in [0.05, 0.1) is 21.8 Å². The molecule has 0 aliphatic rings. The van der Waals surface area contributed by atoms with Crippen LogP contribution in [0.5, 0.6) is 5.75 Å². The first-order chi connectivity index (χ1) is 9.45. The molecule has 108 valence electrons. The van der Waals surface area contributed by atoms with E-state index in [0.717, 1.165) is 9.21 Å². The smallest absolute Gasteiger partial charge is 0.167 e. The number of thiophene rings is 1. The van der Waals surface area contributed by atoms with Gasteiger partial charge in [0, 0.05) is 23.6 Å². The Balaban J connectivity index is 2.14. The lowest BCUT2D eigenvalue weighted by molar-refractivity contribution is 0.231. The molecule has 0 radical (unpaired) electrons. The average Bonchev–Trinajstić information content (AvgIpc) is 2.76. The SMILES string of the molecule is CC(C)Oc1cc(NCc2ccc(Cl)s2)c(N)cc1F. The third kappa shape index (κ3) is 3.77. The van der Waals surface area contributed by atoms with Crippen molar-refractivity contribution in [3.8, 4) is 5.75 Å². The second-order valence-electron chi connectivity index (χ2n) is 4.60. The van der Waals surface area contributed by atoms with Crippen molar-refractivity contribution in [2.75, 3.05) is 11.1 Å². The van der Waals surface area contributed by atoms with Crippen molar-refractivity contribution in [3.05, 3.63) is 39.3 Å². The summed E-state index contributed by atoms with van der Waals surface area (Å²) < 4.78 is 19.9. The molecule has 1 heterocycles. The predicted molar refractivity (Wildman–Crippen MR) is 83.2 cm³/mol. The molecule has 0 fully saturated rings. The molecule has 0 unspecified atom stereocenters. The molecule has 0 aliphatic carbocycles. The lowest BCUT2D eigenvalue weighted by atomic mass is 10.2. The molecule has 0 amide bonds. The number of nitrogens with one attached hydrogen (secondary N) is 1. The van der Waals surface area contributed by atoms with Gasteiger partial charge in [0.25, 0.3) is 0 Å². The normalized spacial score (nSPS) is 10.8. The lowest BCUT2D eigenvalue weighted by Gasteiger charge is -2.14. The van der Waals surface area contributed by atoms with Crippen molar-refractivity contribution in [2.24, 2.45) is 0 Å². The van der Waals surface area contributed by atoms with E-state index in [-0.39, 0.29) is 11.9 Å². The van der Waals surface area contributed by atoms with Crippen LogP contribution >= 0.6 is 22.9 Å². The van der Waals surface area contributed by atoms with E-state index in [0.29, 0.717) is 17.9 Å². The quantitative estimate of drug-likeness (QED) is 0.798. The van der Waals surface area contributed by atoms with Crippen LogP contribution in [0.25, 0.3) is 0 Å². The Hall–Kier alpha value is -1.46. The number of ether oxygens (including phenoxy) is 1. The zero-order valence-electron chi connectivity index (χ0n) is 11.2. The molecule has 0 atom stereocenters. The van der Waals surface area contributed by atoms with Crippen molar-refractivity contribution in [3.63, 3.8) is 0 Å². The molecule has 0 saturated carbocycles. The van der Waals surface area contributed by atoms with E-state index in [4.69, 9.17) is 22.1 Å². The van der Waals surface area contributed by atoms with E-state index in [1.807, 2.05) is 26.0 Å². The summed E-state index contributed by atoms with van der Waals surface area (Å²) in [6, 6.07) is 6.62. The van der Waals surface area contributed by atoms with E-state index < -0.39 is 5.82 Å². The molecule has 2 aromatic rings. The lowest BCUT2D eigenvalue weighted by Crippen LogP contribution is -2.09. The van der Waals surface area contributed by atoms with Crippen molar-refractivity contribution in [1.29, 1.82) is 0 Å². The Morgan fingerprint density at radius 1 is 1.40 bits per heavy atom. The van der Waals surface area contributed by atoms with Crippen LogP contribution in [0.15, 0.2) is 24.3 Å². The molecule has 6 heteroatoms. The molecule has 0 aliphatic heterocycles. The first-order valence-corrected chi connectivity index (χ1v) is 7.39. The van der Waals surface area contributed by atoms with Crippen LogP contribution in [0, 0.1) is 5.82 Å². The van der Waals surface area contributed by atoms with Gasteiger partial charge in [0.15, 0.2) is 11.6 Å². The molecule has 3 N–H and O–H groups in total. The van der Waals surface area contributed by atoms with Crippen LogP contribution in [0.2, 0.25) is 4.34 Å². The Morgan fingerprint density at radius 3 is 2.75 bits per heavy atom. The van der Waals surface area contributed by atoms with E-state index in [9.17, 15) is 4.39 Å². The van der Waals surface area contributed by atoms with Gasteiger partial charge in [-0.2, -0.15) is 0 Å². The zero-order chi connectivity index (χ0) is 14.7. The van der Waals surface area contributed by atoms with Crippen molar-refractivity contribution in [1.82, 2.24) is 0 Å². The molecular formula is C14H16ClFN2OS. The number of hydrogen-bond donors (Lipinski definition) is 2. The Kier molecular flexibility index (Phi) is 4.73. The fraction of sp³-hybridized carbons (Fsp3) is 0.286. The molecular weight excluding hydrogens is 299 g/mol. The van der Waals surface area contributed by atoms with Gasteiger partial charge >= 0.3 is 0 Å². The molecule has 20 heavy (non-hydrogen) atoms. The molecule has 1 aromatic heterocycles. The summed E-state index contributed by atoms with van der Waals surface area (Å²) in [5, 5.41) is 3.16. The third-order valence-electron chi connectivity index (χ3n) is 2.55. The summed E-state index contributed by atoms with van der Waals surface area (Å²) in [4.78, 5) is 1.07. The highest BCUT2D eigenvalue weighted by molar-refractivity contribution is 7.16. The third-order valence-corrected chi connectivity index (χ3v) is 3.78. The van der Waals surface area contributed by atoms with E-state index in [2.05, 4.69) is 5.32 Å². The largest absolute Gasteiger partial charge is 0.488 e. The van der Waals surface area contributed by atoms with Gasteiger partial charge in [0.1, 0.15) is 0 Å². The fourth-order valence-electron chi connectivity index (χ4n) is 1.70. The van der Waals surface area contributed by atoms with Crippen molar-refractivity contribution < 1.29 is 9.13 Å². The summed E-state index contributed by atoms with van der Waals surface area (Å²) in [5.41, 5.74) is 6.80. The average molecular weight is 315 g/mol. The standard InChI is InChI=1S/C14H16ClFN2OS/c1-8(2)19-13-6-12(11(17)5-10(13)16)18-7-9-3-4-14(15)20-9/h3-6,8,18H,7,17H2,1-2H3. The van der Waals surface area contributed by atoms with Crippen LogP contribution in [0.4, 0.5) is 15.8 Å². The highest BCUT2D eigenvalue weighted by atomic mass is 35.5. The second-order valence-corrected chi connectivity index (χ2v) is 6.40. The number of nitrogens with two attached hydrogens (primary N) is 1. The summed E-state index contributed by atoms with van der Waals surface area (Å²) >= 11 is 7.36. The van der Waals surface area contributed by atoms with Gasteiger partial charge < -0.3 is 15.8 Å². The van der Waals surface area contributed by atoms with Crippen LogP contribution in [0.3, 0.4) is 0 Å². The van der Waals surface area contributed by atoms with Gasteiger partial charge in [-0.25, -0.2) is 4.39 Å². The maximum Gasteiger partial charge on any atom is 0.167 e. The minimum absolute atomic E-state index is 0.0999. The minimum atomic E-state index is -0.457. The summed E-state index contributed by atoms with van der Waals surface area (Å²) in [5.74, 6) is -0.262. The number of benzene rings is 1. The summed E-state index contributed by atoms with van der Waals surface area (Å²) in [6.45, 7) is 4.27. The fourth-order valence-corrected chi connectivity index (χ4v) is 2.72. The molecule has 0 saturated heterocycles. The monoisotopic (exact) mass is 314 g/mol. The second kappa shape index (κ2) is 6.33. The first-order valence-electron chi connectivity index (χ1n) is 6.19. The van der Waals surface area contributed by atoms with Crippen LogP contribution < -0.4 is 15.8 Å². The number of anilines is 2. The first kappa shape index (κ1) is 14.9. The summed E-state index contributed by atoms with van der Waals surface area (Å²) in [6.07, 6.45) is -0.0999. The molecule has 3 nitrogen and oxygen atoms in total. The Morgan fingerprint density at radius 2 is 2.15 bits per heavy atom. The topological polar surface area (TPSA) is 47.3 Å². The molecule has 0 spiro atoms. The molecule has 1 aromatic carbocycles. The highest BCUT2D eigenvalue weighted by Crippen LogP contribution is 2.30. The maximum atomic E-state index is 13.7. The van der Waals surface area contributed by atoms with Crippen molar-refractivity contribution in [2.45, 2.75) is 26.5 Å². The number of rotatable bonds is 5. The molecule has 2 rings (SSSR count). The van der Waals surface area contributed by atoms with Gasteiger partial charge in [-0.1, -0.05) is 11.6 Å². The highest BCUT2D eigenvalue weighted by Gasteiger charge is 2.10. The number of nitrogen functional groups attached to an aromatic ring is 1. The summed E-state index contributed by atoms with van der Waals surface area (Å²) in [7, 11) is 0. The van der Waals surface area contributed by atoms with E-state index in [1.165, 1.54) is 17.4 Å². The number of halogens is 2. The van der Waals surface area contributed by atoms with Gasteiger partial charge in [-0.05, 0) is 26.0 Å². The Bertz CT molecular complexity index is 601. The van der Waals surface area contributed by atoms with Crippen LogP contribution in [0.1, 0.15) is 18.7 Å².